The zero-order chi connectivity index (χ0) is 15.1. The van der Waals surface area contributed by atoms with Gasteiger partial charge in [0.25, 0.3) is 0 Å². The highest BCUT2D eigenvalue weighted by Crippen LogP contribution is 2.25. The summed E-state index contributed by atoms with van der Waals surface area (Å²) in [7, 11) is 1.65. The Morgan fingerprint density at radius 2 is 2.00 bits per heavy atom. The lowest BCUT2D eigenvalue weighted by atomic mass is 9.85. The van der Waals surface area contributed by atoms with Gasteiger partial charge in [-0.1, -0.05) is 25.0 Å². The zero-order valence-electron chi connectivity index (χ0n) is 12.6. The van der Waals surface area contributed by atoms with E-state index in [1.165, 1.54) is 12.8 Å². The third-order valence-electron chi connectivity index (χ3n) is 4.25. The van der Waals surface area contributed by atoms with Crippen LogP contribution in [0.4, 0.5) is 0 Å². The minimum absolute atomic E-state index is 0.132. The number of benzene rings is 1. The maximum absolute atomic E-state index is 12.1. The van der Waals surface area contributed by atoms with Gasteiger partial charge < -0.3 is 10.1 Å². The Morgan fingerprint density at radius 1 is 1.29 bits per heavy atom. The van der Waals surface area contributed by atoms with Crippen LogP contribution >= 0.6 is 11.6 Å². The maximum Gasteiger partial charge on any atom is 0.220 e. The van der Waals surface area contributed by atoms with Crippen molar-refractivity contribution in [2.24, 2.45) is 5.92 Å². The molecule has 21 heavy (non-hydrogen) atoms. The standard InChI is InChI=1S/C17H24ClNO2/c1-21-15-9-6-13(7-10-15)8-11-17(20)19-16-5-3-2-4-14(16)12-18/h6-7,9-10,14,16H,2-5,8,11-12H2,1H3,(H,19,20). The van der Waals surface area contributed by atoms with Crippen molar-refractivity contribution >= 4 is 17.5 Å². The van der Waals surface area contributed by atoms with Gasteiger partial charge in [-0.2, -0.15) is 0 Å². The predicted octanol–water partition coefficient (Wildman–Crippen LogP) is 3.54. The van der Waals surface area contributed by atoms with Crippen molar-refractivity contribution < 1.29 is 9.53 Å². The van der Waals surface area contributed by atoms with Gasteiger partial charge >= 0.3 is 0 Å². The number of hydrogen-bond donors (Lipinski definition) is 1. The second-order valence-electron chi connectivity index (χ2n) is 5.72. The first kappa shape index (κ1) is 16.2. The summed E-state index contributed by atoms with van der Waals surface area (Å²) in [6, 6.07) is 8.14. The number of rotatable bonds is 6. The molecule has 0 heterocycles. The van der Waals surface area contributed by atoms with Crippen molar-refractivity contribution in [1.29, 1.82) is 0 Å². The van der Waals surface area contributed by atoms with E-state index in [-0.39, 0.29) is 11.9 Å². The second kappa shape index (κ2) is 8.28. The Hall–Kier alpha value is -1.22. The lowest BCUT2D eigenvalue weighted by molar-refractivity contribution is -0.122. The van der Waals surface area contributed by atoms with E-state index in [1.807, 2.05) is 24.3 Å². The van der Waals surface area contributed by atoms with Gasteiger partial charge in [0.15, 0.2) is 0 Å². The summed E-state index contributed by atoms with van der Waals surface area (Å²) in [4.78, 5) is 12.1. The van der Waals surface area contributed by atoms with Crippen LogP contribution in [0.3, 0.4) is 0 Å². The topological polar surface area (TPSA) is 38.3 Å². The fourth-order valence-corrected chi connectivity index (χ4v) is 3.28. The molecule has 1 aromatic carbocycles. The number of carbonyl (C=O) groups excluding carboxylic acids is 1. The van der Waals surface area contributed by atoms with Crippen LogP contribution in [0.25, 0.3) is 0 Å². The van der Waals surface area contributed by atoms with Crippen LogP contribution in [0, 0.1) is 5.92 Å². The quantitative estimate of drug-likeness (QED) is 0.816. The van der Waals surface area contributed by atoms with Crippen LogP contribution in [-0.4, -0.2) is 24.9 Å². The molecule has 0 spiro atoms. The molecular weight excluding hydrogens is 286 g/mol. The van der Waals surface area contributed by atoms with Gasteiger partial charge in [-0.15, -0.1) is 11.6 Å². The van der Waals surface area contributed by atoms with Crippen LogP contribution in [-0.2, 0) is 11.2 Å². The number of methoxy groups -OCH3 is 1. The molecule has 0 saturated heterocycles. The lowest BCUT2D eigenvalue weighted by Crippen LogP contribution is -2.42. The van der Waals surface area contributed by atoms with Crippen molar-refractivity contribution in [2.75, 3.05) is 13.0 Å². The SMILES string of the molecule is COc1ccc(CCC(=O)NC2CCCCC2CCl)cc1. The van der Waals surface area contributed by atoms with Crippen LogP contribution in [0.2, 0.25) is 0 Å². The summed E-state index contributed by atoms with van der Waals surface area (Å²) in [6.07, 6.45) is 5.90. The van der Waals surface area contributed by atoms with Crippen molar-refractivity contribution in [3.8, 4) is 5.75 Å². The average molecular weight is 310 g/mol. The molecule has 0 aromatic heterocycles. The summed E-state index contributed by atoms with van der Waals surface area (Å²) >= 11 is 6.00. The van der Waals surface area contributed by atoms with E-state index in [0.717, 1.165) is 30.6 Å². The largest absolute Gasteiger partial charge is 0.497 e. The molecule has 3 nitrogen and oxygen atoms in total. The molecule has 116 valence electrons. The first-order valence-corrected chi connectivity index (χ1v) is 8.24. The molecule has 1 aliphatic carbocycles. The fraction of sp³-hybridized carbons (Fsp3) is 0.588. The predicted molar refractivity (Wildman–Crippen MR) is 85.9 cm³/mol. The van der Waals surface area contributed by atoms with E-state index in [9.17, 15) is 4.79 Å². The molecule has 0 radical (unpaired) electrons. The molecule has 0 aliphatic heterocycles. The van der Waals surface area contributed by atoms with Crippen LogP contribution in [0.1, 0.15) is 37.7 Å². The summed E-state index contributed by atoms with van der Waals surface area (Å²) in [5.74, 6) is 2.05. The zero-order valence-corrected chi connectivity index (χ0v) is 13.4. The highest BCUT2D eigenvalue weighted by Gasteiger charge is 2.25. The molecule has 0 bridgehead atoms. The average Bonchev–Trinajstić information content (AvgIpc) is 2.54. The Labute approximate surface area is 132 Å². The van der Waals surface area contributed by atoms with E-state index < -0.39 is 0 Å². The summed E-state index contributed by atoms with van der Waals surface area (Å²) < 4.78 is 5.13. The van der Waals surface area contributed by atoms with Gasteiger partial charge in [0.1, 0.15) is 5.75 Å². The number of carbonyl (C=O) groups is 1. The van der Waals surface area contributed by atoms with Gasteiger partial charge in [0.2, 0.25) is 5.91 Å². The van der Waals surface area contributed by atoms with Gasteiger partial charge in [0.05, 0.1) is 7.11 Å². The van der Waals surface area contributed by atoms with E-state index in [0.29, 0.717) is 18.2 Å². The third-order valence-corrected chi connectivity index (χ3v) is 4.65. The minimum atomic E-state index is 0.132. The molecule has 1 amide bonds. The van der Waals surface area contributed by atoms with E-state index in [2.05, 4.69) is 5.32 Å². The third kappa shape index (κ3) is 4.92. The van der Waals surface area contributed by atoms with Crippen molar-refractivity contribution in [2.45, 2.75) is 44.6 Å². The van der Waals surface area contributed by atoms with Gasteiger partial charge in [-0.05, 0) is 42.9 Å². The fourth-order valence-electron chi connectivity index (χ4n) is 2.91. The second-order valence-corrected chi connectivity index (χ2v) is 6.03. The van der Waals surface area contributed by atoms with Gasteiger partial charge in [-0.25, -0.2) is 0 Å². The summed E-state index contributed by atoms with van der Waals surface area (Å²) in [5.41, 5.74) is 1.16. The molecular formula is C17H24ClNO2. The van der Waals surface area contributed by atoms with Crippen LogP contribution in [0.15, 0.2) is 24.3 Å². The minimum Gasteiger partial charge on any atom is -0.497 e. The molecule has 2 atom stereocenters. The number of halogens is 1. The summed E-state index contributed by atoms with van der Waals surface area (Å²) in [5, 5.41) is 3.16. The number of amides is 1. The molecule has 1 aliphatic rings. The van der Waals surface area contributed by atoms with Crippen LogP contribution < -0.4 is 10.1 Å². The number of hydrogen-bond acceptors (Lipinski definition) is 2. The Balaban J connectivity index is 1.78. The Morgan fingerprint density at radius 3 is 2.67 bits per heavy atom. The number of ether oxygens (including phenoxy) is 1. The highest BCUT2D eigenvalue weighted by molar-refractivity contribution is 6.18. The van der Waals surface area contributed by atoms with E-state index >= 15 is 0 Å². The summed E-state index contributed by atoms with van der Waals surface area (Å²) in [6.45, 7) is 0. The van der Waals surface area contributed by atoms with Crippen LogP contribution in [0.5, 0.6) is 5.75 Å². The molecule has 4 heteroatoms. The van der Waals surface area contributed by atoms with Crippen molar-refractivity contribution in [3.63, 3.8) is 0 Å². The van der Waals surface area contributed by atoms with Crippen molar-refractivity contribution in [1.82, 2.24) is 5.32 Å². The monoisotopic (exact) mass is 309 g/mol. The highest BCUT2D eigenvalue weighted by atomic mass is 35.5. The van der Waals surface area contributed by atoms with Crippen molar-refractivity contribution in [3.05, 3.63) is 29.8 Å². The molecule has 1 N–H and O–H groups in total. The van der Waals surface area contributed by atoms with E-state index in [1.54, 1.807) is 7.11 Å². The smallest absolute Gasteiger partial charge is 0.220 e. The number of alkyl halides is 1. The molecule has 2 rings (SSSR count). The number of aryl methyl sites for hydroxylation is 1. The Bertz CT molecular complexity index is 447. The van der Waals surface area contributed by atoms with Gasteiger partial charge in [-0.3, -0.25) is 4.79 Å². The molecule has 1 saturated carbocycles. The van der Waals surface area contributed by atoms with E-state index in [4.69, 9.17) is 16.3 Å². The number of nitrogens with one attached hydrogen (secondary N) is 1. The van der Waals surface area contributed by atoms with Gasteiger partial charge in [0, 0.05) is 18.3 Å². The lowest BCUT2D eigenvalue weighted by Gasteiger charge is -2.30. The molecule has 2 unspecified atom stereocenters. The normalized spacial score (nSPS) is 21.8. The first-order valence-electron chi connectivity index (χ1n) is 7.71. The Kier molecular flexibility index (Phi) is 6.37. The molecule has 1 fully saturated rings. The maximum atomic E-state index is 12.1. The first-order chi connectivity index (χ1) is 10.2. The molecule has 1 aromatic rings.